The van der Waals surface area contributed by atoms with Gasteiger partial charge in [0, 0.05) is 30.9 Å². The van der Waals surface area contributed by atoms with Gasteiger partial charge in [0.1, 0.15) is 0 Å². The second-order valence-corrected chi connectivity index (χ2v) is 5.30. The Morgan fingerprint density at radius 1 is 1.40 bits per heavy atom. The summed E-state index contributed by atoms with van der Waals surface area (Å²) in [7, 11) is 1.38. The molecule has 1 saturated heterocycles. The number of ether oxygens (including phenoxy) is 1. The van der Waals surface area contributed by atoms with Crippen molar-refractivity contribution in [3.63, 3.8) is 0 Å². The van der Waals surface area contributed by atoms with E-state index in [2.05, 4.69) is 0 Å². The minimum Gasteiger partial charge on any atom is -0.469 e. The highest BCUT2D eigenvalue weighted by molar-refractivity contribution is 5.74. The van der Waals surface area contributed by atoms with Gasteiger partial charge in [-0.25, -0.2) is 0 Å². The Labute approximate surface area is 117 Å². The maximum Gasteiger partial charge on any atom is 0.310 e. The van der Waals surface area contributed by atoms with Crippen LogP contribution in [0.5, 0.6) is 0 Å². The van der Waals surface area contributed by atoms with Gasteiger partial charge in [0.2, 0.25) is 0 Å². The molecule has 0 radical (unpaired) electrons. The lowest BCUT2D eigenvalue weighted by Gasteiger charge is -2.18. The summed E-state index contributed by atoms with van der Waals surface area (Å²) in [5, 5.41) is 10.9. The Balaban J connectivity index is 2.25. The quantitative estimate of drug-likeness (QED) is 0.481. The van der Waals surface area contributed by atoms with Gasteiger partial charge >= 0.3 is 5.97 Å². The number of aryl methyl sites for hydroxylation is 1. The van der Waals surface area contributed by atoms with Crippen molar-refractivity contribution >= 4 is 17.3 Å². The summed E-state index contributed by atoms with van der Waals surface area (Å²) in [4.78, 5) is 24.2. The Bertz CT molecular complexity index is 544. The summed E-state index contributed by atoms with van der Waals surface area (Å²) in [5.41, 5.74) is 1.70. The van der Waals surface area contributed by atoms with Gasteiger partial charge in [-0.05, 0) is 24.5 Å². The fraction of sp³-hybridized carbons (Fsp3) is 0.500. The van der Waals surface area contributed by atoms with E-state index in [1.165, 1.54) is 7.11 Å². The van der Waals surface area contributed by atoms with Crippen molar-refractivity contribution in [3.05, 3.63) is 33.9 Å². The number of esters is 1. The average molecular weight is 278 g/mol. The van der Waals surface area contributed by atoms with Crippen LogP contribution in [0.2, 0.25) is 0 Å². The molecular formula is C14H18N2O4. The molecular weight excluding hydrogens is 260 g/mol. The van der Waals surface area contributed by atoms with Crippen LogP contribution in [0.3, 0.4) is 0 Å². The lowest BCUT2D eigenvalue weighted by atomic mass is 9.99. The number of hydrogen-bond donors (Lipinski definition) is 0. The third-order valence-corrected chi connectivity index (χ3v) is 3.74. The zero-order valence-electron chi connectivity index (χ0n) is 11.8. The molecule has 2 atom stereocenters. The van der Waals surface area contributed by atoms with E-state index in [0.717, 1.165) is 11.3 Å². The SMILES string of the molecule is COC(=O)C1CN(c2cc(C)cc([N+](=O)[O-])c2)CC1C. The highest BCUT2D eigenvalue weighted by Gasteiger charge is 2.36. The maximum atomic E-state index is 11.7. The molecule has 1 aromatic rings. The van der Waals surface area contributed by atoms with E-state index >= 15 is 0 Å². The number of non-ortho nitro benzene ring substituents is 1. The number of rotatable bonds is 3. The predicted octanol–water partition coefficient (Wildman–Crippen LogP) is 2.15. The van der Waals surface area contributed by atoms with Crippen LogP contribution in [0.4, 0.5) is 11.4 Å². The highest BCUT2D eigenvalue weighted by atomic mass is 16.6. The molecule has 6 heteroatoms. The summed E-state index contributed by atoms with van der Waals surface area (Å²) in [5.74, 6) is -0.233. The van der Waals surface area contributed by atoms with Crippen molar-refractivity contribution in [2.24, 2.45) is 11.8 Å². The van der Waals surface area contributed by atoms with Gasteiger partial charge in [-0.1, -0.05) is 6.92 Å². The molecule has 108 valence electrons. The van der Waals surface area contributed by atoms with Crippen LogP contribution in [0.15, 0.2) is 18.2 Å². The molecule has 2 unspecified atom stereocenters. The molecule has 1 aliphatic heterocycles. The smallest absolute Gasteiger partial charge is 0.310 e. The van der Waals surface area contributed by atoms with E-state index in [1.54, 1.807) is 12.1 Å². The summed E-state index contributed by atoms with van der Waals surface area (Å²) >= 11 is 0. The second-order valence-electron chi connectivity index (χ2n) is 5.30. The highest BCUT2D eigenvalue weighted by Crippen LogP contribution is 2.31. The molecule has 20 heavy (non-hydrogen) atoms. The molecule has 2 rings (SSSR count). The first-order chi connectivity index (χ1) is 9.42. The van der Waals surface area contributed by atoms with Crippen molar-refractivity contribution < 1.29 is 14.5 Å². The molecule has 1 aliphatic rings. The van der Waals surface area contributed by atoms with Crippen molar-refractivity contribution in [3.8, 4) is 0 Å². The third kappa shape index (κ3) is 2.74. The van der Waals surface area contributed by atoms with Crippen LogP contribution < -0.4 is 4.90 Å². The molecule has 1 fully saturated rings. The van der Waals surface area contributed by atoms with E-state index in [9.17, 15) is 14.9 Å². The van der Waals surface area contributed by atoms with Gasteiger partial charge in [0.25, 0.3) is 5.69 Å². The standard InChI is InChI=1S/C14H18N2O4/c1-9-4-11(6-12(5-9)16(18)19)15-7-10(2)13(8-15)14(17)20-3/h4-6,10,13H,7-8H2,1-3H3. The van der Waals surface area contributed by atoms with Gasteiger partial charge in [-0.2, -0.15) is 0 Å². The Morgan fingerprint density at radius 2 is 2.10 bits per heavy atom. The Morgan fingerprint density at radius 3 is 2.70 bits per heavy atom. The van der Waals surface area contributed by atoms with Crippen LogP contribution >= 0.6 is 0 Å². The molecule has 0 amide bonds. The number of carbonyl (C=O) groups excluding carboxylic acids is 1. The summed E-state index contributed by atoms with van der Waals surface area (Å²) < 4.78 is 4.80. The van der Waals surface area contributed by atoms with Gasteiger partial charge in [0.05, 0.1) is 18.0 Å². The summed E-state index contributed by atoms with van der Waals surface area (Å²) in [6.07, 6.45) is 0. The molecule has 1 heterocycles. The van der Waals surface area contributed by atoms with Crippen molar-refractivity contribution in [1.82, 2.24) is 0 Å². The van der Waals surface area contributed by atoms with Crippen molar-refractivity contribution in [1.29, 1.82) is 0 Å². The largest absolute Gasteiger partial charge is 0.469 e. The minimum absolute atomic E-state index is 0.0779. The van der Waals surface area contributed by atoms with Crippen LogP contribution in [0.25, 0.3) is 0 Å². The number of nitro benzene ring substituents is 1. The molecule has 6 nitrogen and oxygen atoms in total. The predicted molar refractivity (Wildman–Crippen MR) is 74.7 cm³/mol. The van der Waals surface area contributed by atoms with Gasteiger partial charge < -0.3 is 9.64 Å². The van der Waals surface area contributed by atoms with Crippen LogP contribution in [-0.2, 0) is 9.53 Å². The van der Waals surface area contributed by atoms with Gasteiger partial charge in [-0.3, -0.25) is 14.9 Å². The number of hydrogen-bond acceptors (Lipinski definition) is 5. The monoisotopic (exact) mass is 278 g/mol. The maximum absolute atomic E-state index is 11.7. The molecule has 0 N–H and O–H groups in total. The van der Waals surface area contributed by atoms with E-state index in [-0.39, 0.29) is 23.5 Å². The lowest BCUT2D eigenvalue weighted by molar-refractivity contribution is -0.384. The normalized spacial score (nSPS) is 21.9. The summed E-state index contributed by atoms with van der Waals surface area (Å²) in [6, 6.07) is 5.00. The topological polar surface area (TPSA) is 72.7 Å². The fourth-order valence-electron chi connectivity index (χ4n) is 2.67. The number of nitrogens with zero attached hydrogens (tertiary/aromatic N) is 2. The first-order valence-electron chi connectivity index (χ1n) is 6.51. The Hall–Kier alpha value is -2.11. The number of methoxy groups -OCH3 is 1. The second kappa shape index (κ2) is 5.48. The average Bonchev–Trinajstić information content (AvgIpc) is 2.79. The van der Waals surface area contributed by atoms with Crippen LogP contribution in [0.1, 0.15) is 12.5 Å². The molecule has 0 spiro atoms. The fourth-order valence-corrected chi connectivity index (χ4v) is 2.67. The number of anilines is 1. The zero-order valence-corrected chi connectivity index (χ0v) is 11.8. The molecule has 0 aliphatic carbocycles. The molecule has 1 aromatic carbocycles. The molecule has 0 saturated carbocycles. The van der Waals surface area contributed by atoms with Crippen LogP contribution in [-0.4, -0.2) is 31.1 Å². The molecule has 0 bridgehead atoms. The number of carbonyl (C=O) groups is 1. The minimum atomic E-state index is -0.395. The van der Waals surface area contributed by atoms with Gasteiger partial charge in [0.15, 0.2) is 0 Å². The first kappa shape index (κ1) is 14.3. The Kier molecular flexibility index (Phi) is 3.92. The first-order valence-corrected chi connectivity index (χ1v) is 6.51. The van der Waals surface area contributed by atoms with Crippen molar-refractivity contribution in [2.45, 2.75) is 13.8 Å². The number of nitro groups is 1. The lowest BCUT2D eigenvalue weighted by Crippen LogP contribution is -2.24. The van der Waals surface area contributed by atoms with E-state index in [4.69, 9.17) is 4.74 Å². The van der Waals surface area contributed by atoms with E-state index in [1.807, 2.05) is 24.8 Å². The van der Waals surface area contributed by atoms with E-state index in [0.29, 0.717) is 13.1 Å². The summed E-state index contributed by atoms with van der Waals surface area (Å²) in [6.45, 7) is 5.05. The van der Waals surface area contributed by atoms with E-state index < -0.39 is 4.92 Å². The zero-order chi connectivity index (χ0) is 14.9. The molecule has 0 aromatic heterocycles. The third-order valence-electron chi connectivity index (χ3n) is 3.74. The van der Waals surface area contributed by atoms with Crippen LogP contribution in [0, 0.1) is 28.9 Å². The van der Waals surface area contributed by atoms with Crippen molar-refractivity contribution in [2.75, 3.05) is 25.1 Å². The van der Waals surface area contributed by atoms with Gasteiger partial charge in [-0.15, -0.1) is 0 Å². The number of benzene rings is 1.